The zero-order chi connectivity index (χ0) is 13.9. The summed E-state index contributed by atoms with van der Waals surface area (Å²) in [5.41, 5.74) is 0.410. The molecule has 108 valence electrons. The van der Waals surface area contributed by atoms with Crippen LogP contribution in [0.3, 0.4) is 0 Å². The number of hydrogen-bond acceptors (Lipinski definition) is 5. The number of aromatic nitrogens is 2. The second-order valence-electron chi connectivity index (χ2n) is 5.43. The zero-order valence-electron chi connectivity index (χ0n) is 11.9. The standard InChI is InChI=1S/C14H21N5O/c1-2-18-5-7-19(8-6-18)13-10-15-12(9-16-13)14(20)17-11-3-4-11/h9-11H,2-8H2,1H3,(H,17,20). The van der Waals surface area contributed by atoms with Crippen molar-refractivity contribution in [2.75, 3.05) is 37.6 Å². The van der Waals surface area contributed by atoms with Crippen LogP contribution in [0.1, 0.15) is 30.3 Å². The van der Waals surface area contributed by atoms with Gasteiger partial charge in [-0.3, -0.25) is 4.79 Å². The van der Waals surface area contributed by atoms with E-state index >= 15 is 0 Å². The van der Waals surface area contributed by atoms with E-state index in [2.05, 4.69) is 32.0 Å². The normalized spacial score (nSPS) is 19.9. The van der Waals surface area contributed by atoms with Gasteiger partial charge in [-0.15, -0.1) is 0 Å². The summed E-state index contributed by atoms with van der Waals surface area (Å²) in [7, 11) is 0. The van der Waals surface area contributed by atoms with Crippen molar-refractivity contribution in [1.29, 1.82) is 0 Å². The highest BCUT2D eigenvalue weighted by Gasteiger charge is 2.24. The van der Waals surface area contributed by atoms with Gasteiger partial charge in [0.2, 0.25) is 0 Å². The molecule has 0 aromatic carbocycles. The number of carbonyl (C=O) groups excluding carboxylic acids is 1. The van der Waals surface area contributed by atoms with E-state index in [0.29, 0.717) is 11.7 Å². The molecule has 1 aromatic rings. The molecule has 0 atom stereocenters. The molecule has 2 heterocycles. The summed E-state index contributed by atoms with van der Waals surface area (Å²) in [6.07, 6.45) is 5.46. The lowest BCUT2D eigenvalue weighted by Gasteiger charge is -2.34. The highest BCUT2D eigenvalue weighted by molar-refractivity contribution is 5.92. The predicted molar refractivity (Wildman–Crippen MR) is 76.8 cm³/mol. The Morgan fingerprint density at radius 2 is 2.00 bits per heavy atom. The van der Waals surface area contributed by atoms with E-state index in [0.717, 1.165) is 51.4 Å². The summed E-state index contributed by atoms with van der Waals surface area (Å²) >= 11 is 0. The van der Waals surface area contributed by atoms with E-state index in [1.165, 1.54) is 0 Å². The van der Waals surface area contributed by atoms with Gasteiger partial charge in [-0.1, -0.05) is 6.92 Å². The van der Waals surface area contributed by atoms with Crippen LogP contribution in [0.15, 0.2) is 12.4 Å². The average Bonchev–Trinajstić information content (AvgIpc) is 3.31. The van der Waals surface area contributed by atoms with E-state index < -0.39 is 0 Å². The number of piperazine rings is 1. The monoisotopic (exact) mass is 275 g/mol. The van der Waals surface area contributed by atoms with Crippen molar-refractivity contribution in [2.45, 2.75) is 25.8 Å². The average molecular weight is 275 g/mol. The molecule has 1 aliphatic carbocycles. The van der Waals surface area contributed by atoms with Gasteiger partial charge in [0.15, 0.2) is 0 Å². The first-order valence-electron chi connectivity index (χ1n) is 7.36. The molecule has 6 heteroatoms. The SMILES string of the molecule is CCN1CCN(c2cnc(C(=O)NC3CC3)cn2)CC1. The Morgan fingerprint density at radius 3 is 2.55 bits per heavy atom. The minimum atomic E-state index is -0.109. The summed E-state index contributed by atoms with van der Waals surface area (Å²) in [5, 5.41) is 2.92. The van der Waals surface area contributed by atoms with Gasteiger partial charge in [-0.05, 0) is 19.4 Å². The van der Waals surface area contributed by atoms with Gasteiger partial charge >= 0.3 is 0 Å². The maximum absolute atomic E-state index is 11.8. The molecular weight excluding hydrogens is 254 g/mol. The number of carbonyl (C=O) groups is 1. The molecule has 20 heavy (non-hydrogen) atoms. The van der Waals surface area contributed by atoms with Gasteiger partial charge in [-0.25, -0.2) is 9.97 Å². The molecule has 0 bridgehead atoms. The predicted octanol–water partition coefficient (Wildman–Crippen LogP) is 0.511. The minimum Gasteiger partial charge on any atom is -0.353 e. The van der Waals surface area contributed by atoms with Crippen LogP contribution in [0, 0.1) is 0 Å². The molecule has 1 saturated heterocycles. The third-order valence-electron chi connectivity index (χ3n) is 3.93. The van der Waals surface area contributed by atoms with E-state index in [4.69, 9.17) is 0 Å². The van der Waals surface area contributed by atoms with Crippen molar-refractivity contribution >= 4 is 11.7 Å². The Kier molecular flexibility index (Phi) is 3.82. The second-order valence-corrected chi connectivity index (χ2v) is 5.43. The van der Waals surface area contributed by atoms with Crippen molar-refractivity contribution in [3.8, 4) is 0 Å². The number of anilines is 1. The summed E-state index contributed by atoms with van der Waals surface area (Å²) < 4.78 is 0. The minimum absolute atomic E-state index is 0.109. The Bertz CT molecular complexity index is 463. The molecule has 0 spiro atoms. The van der Waals surface area contributed by atoms with Crippen LogP contribution in [0.4, 0.5) is 5.82 Å². The van der Waals surface area contributed by atoms with E-state index in [1.807, 2.05) is 0 Å². The number of likely N-dealkylation sites (N-methyl/N-ethyl adjacent to an activating group) is 1. The van der Waals surface area contributed by atoms with Crippen molar-refractivity contribution in [3.05, 3.63) is 18.1 Å². The molecule has 1 amide bonds. The Morgan fingerprint density at radius 1 is 1.25 bits per heavy atom. The Labute approximate surface area is 119 Å². The van der Waals surface area contributed by atoms with Crippen LogP contribution >= 0.6 is 0 Å². The molecule has 0 unspecified atom stereocenters. The Balaban J connectivity index is 1.59. The van der Waals surface area contributed by atoms with Crippen LogP contribution in [0.25, 0.3) is 0 Å². The first-order valence-corrected chi connectivity index (χ1v) is 7.36. The molecule has 3 rings (SSSR count). The summed E-state index contributed by atoms with van der Waals surface area (Å²) in [6.45, 7) is 7.33. The highest BCUT2D eigenvalue weighted by Crippen LogP contribution is 2.19. The largest absolute Gasteiger partial charge is 0.353 e. The third-order valence-corrected chi connectivity index (χ3v) is 3.93. The topological polar surface area (TPSA) is 61.4 Å². The van der Waals surface area contributed by atoms with Gasteiger partial charge in [0.05, 0.1) is 12.4 Å². The van der Waals surface area contributed by atoms with Gasteiger partial charge in [0.25, 0.3) is 5.91 Å². The first kappa shape index (κ1) is 13.3. The second kappa shape index (κ2) is 5.75. The zero-order valence-corrected chi connectivity index (χ0v) is 11.9. The molecule has 6 nitrogen and oxygen atoms in total. The fourth-order valence-corrected chi connectivity index (χ4v) is 2.38. The van der Waals surface area contributed by atoms with Crippen LogP contribution < -0.4 is 10.2 Å². The van der Waals surface area contributed by atoms with Gasteiger partial charge in [-0.2, -0.15) is 0 Å². The van der Waals surface area contributed by atoms with E-state index in [9.17, 15) is 4.79 Å². The van der Waals surface area contributed by atoms with Crippen molar-refractivity contribution in [1.82, 2.24) is 20.2 Å². The fourth-order valence-electron chi connectivity index (χ4n) is 2.38. The lowest BCUT2D eigenvalue weighted by atomic mass is 10.3. The third kappa shape index (κ3) is 3.07. The lowest BCUT2D eigenvalue weighted by molar-refractivity contribution is 0.0945. The van der Waals surface area contributed by atoms with Crippen LogP contribution in [-0.2, 0) is 0 Å². The number of hydrogen-bond donors (Lipinski definition) is 1. The van der Waals surface area contributed by atoms with Gasteiger partial charge in [0.1, 0.15) is 11.5 Å². The van der Waals surface area contributed by atoms with Gasteiger partial charge in [0, 0.05) is 32.2 Å². The lowest BCUT2D eigenvalue weighted by Crippen LogP contribution is -2.46. The quantitative estimate of drug-likeness (QED) is 0.867. The molecule has 2 fully saturated rings. The van der Waals surface area contributed by atoms with Crippen LogP contribution in [0.5, 0.6) is 0 Å². The smallest absolute Gasteiger partial charge is 0.271 e. The van der Waals surface area contributed by atoms with Crippen molar-refractivity contribution in [2.24, 2.45) is 0 Å². The number of amides is 1. The number of nitrogens with zero attached hydrogens (tertiary/aromatic N) is 4. The molecular formula is C14H21N5O. The summed E-state index contributed by atoms with van der Waals surface area (Å²) in [6, 6.07) is 0.353. The van der Waals surface area contributed by atoms with Gasteiger partial charge < -0.3 is 15.1 Å². The Hall–Kier alpha value is -1.69. The van der Waals surface area contributed by atoms with Crippen LogP contribution in [0.2, 0.25) is 0 Å². The molecule has 1 N–H and O–H groups in total. The maximum atomic E-state index is 11.8. The van der Waals surface area contributed by atoms with Crippen molar-refractivity contribution < 1.29 is 4.79 Å². The maximum Gasteiger partial charge on any atom is 0.271 e. The number of rotatable bonds is 4. The van der Waals surface area contributed by atoms with Crippen LogP contribution in [-0.4, -0.2) is 59.5 Å². The van der Waals surface area contributed by atoms with E-state index in [1.54, 1.807) is 12.4 Å². The van der Waals surface area contributed by atoms with E-state index in [-0.39, 0.29) is 5.91 Å². The highest BCUT2D eigenvalue weighted by atomic mass is 16.2. The summed E-state index contributed by atoms with van der Waals surface area (Å²) in [4.78, 5) is 25.1. The van der Waals surface area contributed by atoms with Crippen molar-refractivity contribution in [3.63, 3.8) is 0 Å². The molecule has 1 aliphatic heterocycles. The fraction of sp³-hybridized carbons (Fsp3) is 0.643. The molecule has 1 saturated carbocycles. The molecule has 0 radical (unpaired) electrons. The first-order chi connectivity index (χ1) is 9.76. The molecule has 2 aliphatic rings. The summed E-state index contributed by atoms with van der Waals surface area (Å²) in [5.74, 6) is 0.756. The molecule has 1 aromatic heterocycles. The number of nitrogens with one attached hydrogen (secondary N) is 1.